The maximum atomic E-state index is 3.40. The summed E-state index contributed by atoms with van der Waals surface area (Å²) in [5.74, 6) is 0. The van der Waals surface area contributed by atoms with Gasteiger partial charge in [-0.3, -0.25) is 0 Å². The molecule has 0 saturated carbocycles. The van der Waals surface area contributed by atoms with Gasteiger partial charge in [0.25, 0.3) is 0 Å². The van der Waals surface area contributed by atoms with Crippen LogP contribution in [-0.4, -0.2) is 14.5 Å². The average Bonchev–Trinajstić information content (AvgIpc) is 1.91. The summed E-state index contributed by atoms with van der Waals surface area (Å²) in [4.78, 5) is 1.08. The van der Waals surface area contributed by atoms with Gasteiger partial charge in [0.05, 0.1) is 9.52 Å². The summed E-state index contributed by atoms with van der Waals surface area (Å²) < 4.78 is 0. The lowest BCUT2D eigenvalue weighted by Gasteiger charge is -1.91. The minimum absolute atomic E-state index is 0.904. The van der Waals surface area contributed by atoms with Crippen molar-refractivity contribution >= 4 is 30.6 Å². The Labute approximate surface area is 66.2 Å². The molecule has 46 valence electrons. The van der Waals surface area contributed by atoms with Crippen molar-refractivity contribution in [3.8, 4) is 0 Å². The fourth-order valence-corrected chi connectivity index (χ4v) is 2.19. The Morgan fingerprint density at radius 1 is 1.22 bits per heavy atom. The standard InChI is InChI=1S/C7H7BrSi/c8-6-9-7-4-2-1-3-5-7/h1-5H,6H2. The van der Waals surface area contributed by atoms with Gasteiger partial charge in [-0.1, -0.05) is 51.4 Å². The van der Waals surface area contributed by atoms with Gasteiger partial charge in [-0.05, 0) is 4.95 Å². The van der Waals surface area contributed by atoms with Crippen LogP contribution < -0.4 is 5.19 Å². The summed E-state index contributed by atoms with van der Waals surface area (Å²) in [7, 11) is 0.904. The highest BCUT2D eigenvalue weighted by Gasteiger charge is 1.87. The summed E-state index contributed by atoms with van der Waals surface area (Å²) in [6.07, 6.45) is 0. The number of hydrogen-bond donors (Lipinski definition) is 0. The molecule has 0 unspecified atom stereocenters. The molecule has 9 heavy (non-hydrogen) atoms. The van der Waals surface area contributed by atoms with Crippen LogP contribution in [0.1, 0.15) is 0 Å². The van der Waals surface area contributed by atoms with Crippen LogP contribution in [0.4, 0.5) is 0 Å². The Morgan fingerprint density at radius 3 is 2.44 bits per heavy atom. The molecule has 0 aliphatic carbocycles. The topological polar surface area (TPSA) is 0 Å². The van der Waals surface area contributed by atoms with Crippen LogP contribution in [0.5, 0.6) is 0 Å². The van der Waals surface area contributed by atoms with Gasteiger partial charge >= 0.3 is 0 Å². The van der Waals surface area contributed by atoms with Crippen LogP contribution in [0.2, 0.25) is 0 Å². The maximum Gasteiger partial charge on any atom is 0.0929 e. The van der Waals surface area contributed by atoms with Gasteiger partial charge < -0.3 is 0 Å². The second-order valence-electron chi connectivity index (χ2n) is 1.68. The van der Waals surface area contributed by atoms with Gasteiger partial charge in [-0.15, -0.1) is 0 Å². The number of alkyl halides is 1. The van der Waals surface area contributed by atoms with E-state index >= 15 is 0 Å². The minimum Gasteiger partial charge on any atom is -0.0963 e. The van der Waals surface area contributed by atoms with E-state index in [9.17, 15) is 0 Å². The van der Waals surface area contributed by atoms with Crippen molar-refractivity contribution in [1.29, 1.82) is 0 Å². The second-order valence-corrected chi connectivity index (χ2v) is 4.56. The summed E-state index contributed by atoms with van der Waals surface area (Å²) in [6.45, 7) is 0. The Hall–Kier alpha value is -0.0831. The lowest BCUT2D eigenvalue weighted by molar-refractivity contribution is 1.76. The van der Waals surface area contributed by atoms with Crippen LogP contribution in [-0.2, 0) is 0 Å². The van der Waals surface area contributed by atoms with E-state index in [4.69, 9.17) is 0 Å². The molecule has 0 fully saturated rings. The van der Waals surface area contributed by atoms with Gasteiger partial charge in [-0.2, -0.15) is 0 Å². The van der Waals surface area contributed by atoms with E-state index in [-0.39, 0.29) is 0 Å². The number of benzene rings is 1. The largest absolute Gasteiger partial charge is 0.0963 e. The van der Waals surface area contributed by atoms with Crippen molar-refractivity contribution < 1.29 is 0 Å². The Bertz CT molecular complexity index is 162. The molecule has 0 amide bonds. The fourth-order valence-electron chi connectivity index (χ4n) is 0.633. The van der Waals surface area contributed by atoms with E-state index in [0.717, 1.165) is 14.5 Å². The molecule has 0 aromatic heterocycles. The van der Waals surface area contributed by atoms with Crippen LogP contribution in [0, 0.1) is 0 Å². The molecule has 0 spiro atoms. The Balaban J connectivity index is 2.61. The number of hydrogen-bond acceptors (Lipinski definition) is 0. The monoisotopic (exact) mass is 198 g/mol. The van der Waals surface area contributed by atoms with Crippen LogP contribution in [0.15, 0.2) is 30.3 Å². The first-order valence-electron chi connectivity index (χ1n) is 2.78. The van der Waals surface area contributed by atoms with Crippen LogP contribution in [0.3, 0.4) is 0 Å². The van der Waals surface area contributed by atoms with Crippen molar-refractivity contribution in [3.63, 3.8) is 0 Å². The first kappa shape index (κ1) is 7.03. The first-order chi connectivity index (χ1) is 4.43. The molecule has 2 heteroatoms. The van der Waals surface area contributed by atoms with Gasteiger partial charge in [0.15, 0.2) is 0 Å². The second kappa shape index (κ2) is 3.85. The smallest absolute Gasteiger partial charge is 0.0929 e. The molecule has 0 aliphatic rings. The molecule has 0 heterocycles. The molecule has 0 aliphatic heterocycles. The van der Waals surface area contributed by atoms with Gasteiger partial charge in [0.1, 0.15) is 0 Å². The van der Waals surface area contributed by atoms with Gasteiger partial charge in [0.2, 0.25) is 0 Å². The molecule has 2 radical (unpaired) electrons. The zero-order valence-electron chi connectivity index (χ0n) is 4.97. The van der Waals surface area contributed by atoms with Gasteiger partial charge in [0, 0.05) is 0 Å². The highest BCUT2D eigenvalue weighted by Crippen LogP contribution is 1.82. The fraction of sp³-hybridized carbons (Fsp3) is 0.143. The molecular formula is C7H7BrSi. The van der Waals surface area contributed by atoms with Crippen LogP contribution in [0.25, 0.3) is 0 Å². The zero-order chi connectivity index (χ0) is 6.53. The molecule has 1 aromatic rings. The highest BCUT2D eigenvalue weighted by molar-refractivity contribution is 9.09. The van der Waals surface area contributed by atoms with E-state index in [1.165, 1.54) is 5.19 Å². The first-order valence-corrected chi connectivity index (χ1v) is 5.11. The molecule has 0 N–H and O–H groups in total. The molecule has 1 rings (SSSR count). The maximum absolute atomic E-state index is 3.40. The minimum atomic E-state index is 0.904. The lowest BCUT2D eigenvalue weighted by Crippen LogP contribution is -2.13. The quantitative estimate of drug-likeness (QED) is 0.498. The SMILES string of the molecule is BrC[Si]c1ccccc1. The zero-order valence-corrected chi connectivity index (χ0v) is 7.56. The van der Waals surface area contributed by atoms with Crippen molar-refractivity contribution in [2.45, 2.75) is 0 Å². The van der Waals surface area contributed by atoms with E-state index in [1.54, 1.807) is 0 Å². The van der Waals surface area contributed by atoms with E-state index in [2.05, 4.69) is 40.2 Å². The third kappa shape index (κ3) is 2.33. The summed E-state index contributed by atoms with van der Waals surface area (Å²) in [5, 5.41) is 1.43. The summed E-state index contributed by atoms with van der Waals surface area (Å²) in [6, 6.07) is 10.5. The van der Waals surface area contributed by atoms with Crippen molar-refractivity contribution in [2.75, 3.05) is 4.95 Å². The number of halogens is 1. The van der Waals surface area contributed by atoms with Gasteiger partial charge in [-0.25, -0.2) is 0 Å². The predicted molar refractivity (Wildman–Crippen MR) is 45.6 cm³/mol. The third-order valence-electron chi connectivity index (χ3n) is 1.04. The van der Waals surface area contributed by atoms with E-state index < -0.39 is 0 Å². The Kier molecular flexibility index (Phi) is 3.01. The predicted octanol–water partition coefficient (Wildman–Crippen LogP) is 1.37. The molecule has 0 saturated heterocycles. The van der Waals surface area contributed by atoms with Crippen molar-refractivity contribution in [2.24, 2.45) is 0 Å². The Morgan fingerprint density at radius 2 is 1.89 bits per heavy atom. The van der Waals surface area contributed by atoms with Crippen LogP contribution >= 0.6 is 15.9 Å². The highest BCUT2D eigenvalue weighted by atomic mass is 79.9. The lowest BCUT2D eigenvalue weighted by atomic mass is 10.4. The molecule has 0 atom stereocenters. The van der Waals surface area contributed by atoms with Crippen molar-refractivity contribution in [3.05, 3.63) is 30.3 Å². The van der Waals surface area contributed by atoms with E-state index in [0.29, 0.717) is 0 Å². The number of rotatable bonds is 2. The normalized spacial score (nSPS) is 9.44. The molecular weight excluding hydrogens is 192 g/mol. The molecule has 0 nitrogen and oxygen atoms in total. The third-order valence-corrected chi connectivity index (χ3v) is 2.76. The molecule has 0 bridgehead atoms. The summed E-state index contributed by atoms with van der Waals surface area (Å²) in [5.41, 5.74) is 0. The van der Waals surface area contributed by atoms with Crippen molar-refractivity contribution in [1.82, 2.24) is 0 Å². The molecule has 1 aromatic carbocycles. The summed E-state index contributed by atoms with van der Waals surface area (Å²) >= 11 is 3.40. The average molecular weight is 199 g/mol. The van der Waals surface area contributed by atoms with E-state index in [1.807, 2.05) is 6.07 Å².